The lowest BCUT2D eigenvalue weighted by molar-refractivity contribution is 0.0520. The van der Waals surface area contributed by atoms with Gasteiger partial charge in [-0.25, -0.2) is 9.78 Å². The minimum Gasteiger partial charge on any atom is -0.461 e. The van der Waals surface area contributed by atoms with Crippen LogP contribution in [-0.4, -0.2) is 17.6 Å². The van der Waals surface area contributed by atoms with Gasteiger partial charge in [0, 0.05) is 0 Å². The first-order chi connectivity index (χ1) is 7.74. The molecule has 0 radical (unpaired) electrons. The molecule has 0 saturated carbocycles. The third-order valence-corrected chi connectivity index (χ3v) is 3.12. The topological polar surface area (TPSA) is 52.3 Å². The molecule has 2 aromatic rings. The summed E-state index contributed by atoms with van der Waals surface area (Å²) in [5.41, 5.74) is 1.31. The molecule has 5 heteroatoms. The van der Waals surface area contributed by atoms with Crippen LogP contribution in [0.4, 0.5) is 0 Å². The molecule has 0 bridgehead atoms. The Kier molecular flexibility index (Phi) is 3.05. The number of hydrogen-bond donors (Lipinski definition) is 0. The third kappa shape index (κ3) is 1.86. The molecule has 4 nitrogen and oxygen atoms in total. The average Bonchev–Trinajstić information content (AvgIpc) is 2.85. The fourth-order valence-corrected chi connectivity index (χ4v) is 2.27. The van der Waals surface area contributed by atoms with Gasteiger partial charge in [0.15, 0.2) is 17.8 Å². The first kappa shape index (κ1) is 10.9. The van der Waals surface area contributed by atoms with Gasteiger partial charge in [0.1, 0.15) is 0 Å². The molecule has 0 aliphatic rings. The quantitative estimate of drug-likeness (QED) is 0.770. The van der Waals surface area contributed by atoms with Crippen molar-refractivity contribution < 1.29 is 13.9 Å². The van der Waals surface area contributed by atoms with Crippen molar-refractivity contribution in [3.63, 3.8) is 0 Å². The number of esters is 1. The van der Waals surface area contributed by atoms with E-state index in [0.717, 1.165) is 10.4 Å². The van der Waals surface area contributed by atoms with Crippen molar-refractivity contribution in [2.75, 3.05) is 6.61 Å². The highest BCUT2D eigenvalue weighted by Gasteiger charge is 2.21. The Bertz CT molecular complexity index is 501. The number of carbonyl (C=O) groups is 1. The number of ether oxygens (including phenoxy) is 1. The molecule has 2 aromatic heterocycles. The Morgan fingerprint density at radius 3 is 3.06 bits per heavy atom. The summed E-state index contributed by atoms with van der Waals surface area (Å²) in [4.78, 5) is 16.4. The molecule has 0 spiro atoms. The molecule has 0 N–H and O–H groups in total. The number of aryl methyl sites for hydroxylation is 1. The van der Waals surface area contributed by atoms with Crippen molar-refractivity contribution in [1.82, 2.24) is 4.98 Å². The van der Waals surface area contributed by atoms with Crippen LogP contribution in [0.15, 0.2) is 22.3 Å². The first-order valence-corrected chi connectivity index (χ1v) is 5.77. The number of hydrogen-bond acceptors (Lipinski definition) is 5. The van der Waals surface area contributed by atoms with E-state index in [1.807, 2.05) is 18.4 Å². The highest BCUT2D eigenvalue weighted by atomic mass is 32.1. The Hall–Kier alpha value is -1.62. The van der Waals surface area contributed by atoms with E-state index in [4.69, 9.17) is 9.15 Å². The van der Waals surface area contributed by atoms with Gasteiger partial charge in [-0.1, -0.05) is 0 Å². The SMILES string of the molecule is CCOC(=O)c1ncoc1-c1sccc1C. The molecule has 0 aromatic carbocycles. The van der Waals surface area contributed by atoms with Crippen molar-refractivity contribution in [3.8, 4) is 10.6 Å². The predicted molar refractivity (Wildman–Crippen MR) is 60.5 cm³/mol. The van der Waals surface area contributed by atoms with Crippen LogP contribution in [0.1, 0.15) is 23.0 Å². The van der Waals surface area contributed by atoms with Crippen LogP contribution in [-0.2, 0) is 4.74 Å². The van der Waals surface area contributed by atoms with Crippen LogP contribution in [0.2, 0.25) is 0 Å². The Balaban J connectivity index is 2.40. The molecule has 0 aliphatic carbocycles. The number of thiophene rings is 1. The Labute approximate surface area is 96.9 Å². The standard InChI is InChI=1S/C11H11NO3S/c1-3-14-11(13)8-9(15-6-12-8)10-7(2)4-5-16-10/h4-6H,3H2,1-2H3. The number of carbonyl (C=O) groups excluding carboxylic acids is 1. The van der Waals surface area contributed by atoms with Crippen LogP contribution in [0, 0.1) is 6.92 Å². The summed E-state index contributed by atoms with van der Waals surface area (Å²) in [6, 6.07) is 1.97. The van der Waals surface area contributed by atoms with Crippen LogP contribution < -0.4 is 0 Å². The van der Waals surface area contributed by atoms with Gasteiger partial charge in [-0.2, -0.15) is 0 Å². The maximum absolute atomic E-state index is 11.6. The van der Waals surface area contributed by atoms with E-state index in [2.05, 4.69) is 4.98 Å². The fraction of sp³-hybridized carbons (Fsp3) is 0.273. The van der Waals surface area contributed by atoms with E-state index in [9.17, 15) is 4.79 Å². The minimum absolute atomic E-state index is 0.243. The summed E-state index contributed by atoms with van der Waals surface area (Å²) in [7, 11) is 0. The number of nitrogens with zero attached hydrogens (tertiary/aromatic N) is 1. The highest BCUT2D eigenvalue weighted by molar-refractivity contribution is 7.13. The van der Waals surface area contributed by atoms with Crippen molar-refractivity contribution in [3.05, 3.63) is 29.1 Å². The van der Waals surface area contributed by atoms with Gasteiger partial charge in [0.2, 0.25) is 0 Å². The van der Waals surface area contributed by atoms with Crippen LogP contribution >= 0.6 is 11.3 Å². The summed E-state index contributed by atoms with van der Waals surface area (Å²) in [5, 5.41) is 1.95. The van der Waals surface area contributed by atoms with Crippen LogP contribution in [0.3, 0.4) is 0 Å². The van der Waals surface area contributed by atoms with Gasteiger partial charge in [-0.3, -0.25) is 0 Å². The van der Waals surface area contributed by atoms with Crippen molar-refractivity contribution >= 4 is 17.3 Å². The van der Waals surface area contributed by atoms with E-state index in [-0.39, 0.29) is 5.69 Å². The smallest absolute Gasteiger partial charge is 0.361 e. The van der Waals surface area contributed by atoms with Gasteiger partial charge < -0.3 is 9.15 Å². The lowest BCUT2D eigenvalue weighted by Crippen LogP contribution is -2.06. The van der Waals surface area contributed by atoms with Crippen LogP contribution in [0.5, 0.6) is 0 Å². The number of oxazole rings is 1. The van der Waals surface area contributed by atoms with Gasteiger partial charge in [-0.15, -0.1) is 11.3 Å². The van der Waals surface area contributed by atoms with E-state index in [1.54, 1.807) is 6.92 Å². The molecule has 0 unspecified atom stereocenters. The Morgan fingerprint density at radius 1 is 1.62 bits per heavy atom. The molecule has 0 aliphatic heterocycles. The van der Waals surface area contributed by atoms with Crippen molar-refractivity contribution in [1.29, 1.82) is 0 Å². The maximum Gasteiger partial charge on any atom is 0.361 e. The second-order valence-electron chi connectivity index (χ2n) is 3.18. The lowest BCUT2D eigenvalue weighted by Gasteiger charge is -2.00. The molecule has 0 amide bonds. The lowest BCUT2D eigenvalue weighted by atomic mass is 10.2. The molecule has 0 atom stereocenters. The van der Waals surface area contributed by atoms with Crippen molar-refractivity contribution in [2.45, 2.75) is 13.8 Å². The number of aromatic nitrogens is 1. The van der Waals surface area contributed by atoms with E-state index in [0.29, 0.717) is 12.4 Å². The zero-order valence-electron chi connectivity index (χ0n) is 9.02. The van der Waals surface area contributed by atoms with Gasteiger partial charge in [-0.05, 0) is 30.9 Å². The molecule has 0 saturated heterocycles. The zero-order valence-corrected chi connectivity index (χ0v) is 9.84. The second kappa shape index (κ2) is 4.49. The molecule has 2 rings (SSSR count). The van der Waals surface area contributed by atoms with Gasteiger partial charge in [0.25, 0.3) is 0 Å². The van der Waals surface area contributed by atoms with Gasteiger partial charge >= 0.3 is 5.97 Å². The maximum atomic E-state index is 11.6. The highest BCUT2D eigenvalue weighted by Crippen LogP contribution is 2.31. The molecule has 16 heavy (non-hydrogen) atoms. The average molecular weight is 237 g/mol. The number of rotatable bonds is 3. The van der Waals surface area contributed by atoms with Crippen molar-refractivity contribution in [2.24, 2.45) is 0 Å². The zero-order chi connectivity index (χ0) is 11.5. The first-order valence-electron chi connectivity index (χ1n) is 4.89. The Morgan fingerprint density at radius 2 is 2.44 bits per heavy atom. The normalized spacial score (nSPS) is 10.4. The summed E-state index contributed by atoms with van der Waals surface area (Å²) in [6.45, 7) is 4.05. The second-order valence-corrected chi connectivity index (χ2v) is 4.10. The summed E-state index contributed by atoms with van der Waals surface area (Å²) >= 11 is 1.52. The van der Waals surface area contributed by atoms with E-state index in [1.165, 1.54) is 17.7 Å². The summed E-state index contributed by atoms with van der Waals surface area (Å²) in [6.07, 6.45) is 1.26. The minimum atomic E-state index is -0.445. The van der Waals surface area contributed by atoms with E-state index >= 15 is 0 Å². The summed E-state index contributed by atoms with van der Waals surface area (Å²) < 4.78 is 10.2. The molecule has 0 fully saturated rings. The van der Waals surface area contributed by atoms with Crippen LogP contribution in [0.25, 0.3) is 10.6 Å². The molecule has 84 valence electrons. The molecular formula is C11H11NO3S. The van der Waals surface area contributed by atoms with E-state index < -0.39 is 5.97 Å². The summed E-state index contributed by atoms with van der Waals surface area (Å²) in [5.74, 6) is 0.0463. The predicted octanol–water partition coefficient (Wildman–Crippen LogP) is 2.89. The molecule has 2 heterocycles. The largest absolute Gasteiger partial charge is 0.461 e. The fourth-order valence-electron chi connectivity index (χ4n) is 1.36. The molecular weight excluding hydrogens is 226 g/mol. The third-order valence-electron chi connectivity index (χ3n) is 2.10. The monoisotopic (exact) mass is 237 g/mol. The van der Waals surface area contributed by atoms with Gasteiger partial charge in [0.05, 0.1) is 11.5 Å².